The van der Waals surface area contributed by atoms with Crippen LogP contribution in [0.5, 0.6) is 0 Å². The predicted octanol–water partition coefficient (Wildman–Crippen LogP) is -0.394. The van der Waals surface area contributed by atoms with Crippen LogP contribution in [0, 0.1) is 6.07 Å². The van der Waals surface area contributed by atoms with E-state index in [-0.39, 0.29) is 40.7 Å². The first-order valence-electron chi connectivity index (χ1n) is 5.87. The van der Waals surface area contributed by atoms with Gasteiger partial charge in [-0.3, -0.25) is 4.55 Å². The Morgan fingerprint density at radius 1 is 1.14 bits per heavy atom. The zero-order chi connectivity index (χ0) is 15.5. The monoisotopic (exact) mass is 326 g/mol. The molecule has 0 amide bonds. The number of aromatic carboxylic acids is 1. The van der Waals surface area contributed by atoms with Crippen LogP contribution in [-0.4, -0.2) is 24.0 Å². The van der Waals surface area contributed by atoms with Crippen LogP contribution in [0.25, 0.3) is 12.2 Å². The Morgan fingerprint density at radius 3 is 2.41 bits per heavy atom. The summed E-state index contributed by atoms with van der Waals surface area (Å²) in [6.07, 6.45) is 3.09. The van der Waals surface area contributed by atoms with E-state index in [9.17, 15) is 17.8 Å². The predicted molar refractivity (Wildman–Crippen MR) is 77.4 cm³/mol. The van der Waals surface area contributed by atoms with Gasteiger partial charge in [-0.15, -0.1) is 36.4 Å². The van der Waals surface area contributed by atoms with Crippen molar-refractivity contribution in [2.75, 3.05) is 0 Å². The van der Waals surface area contributed by atoms with Gasteiger partial charge in [-0.2, -0.15) is 14.0 Å². The van der Waals surface area contributed by atoms with Crippen molar-refractivity contribution in [3.05, 3.63) is 65.2 Å². The van der Waals surface area contributed by atoms with E-state index in [2.05, 4.69) is 6.07 Å². The van der Waals surface area contributed by atoms with Gasteiger partial charge in [0.05, 0.1) is 5.56 Å². The second kappa shape index (κ2) is 7.71. The van der Waals surface area contributed by atoms with Crippen molar-refractivity contribution in [2.24, 2.45) is 0 Å². The van der Waals surface area contributed by atoms with Crippen LogP contribution in [0.15, 0.2) is 47.4 Å². The van der Waals surface area contributed by atoms with Crippen LogP contribution in [-0.2, 0) is 10.1 Å². The molecule has 5 nitrogen and oxygen atoms in total. The molecule has 2 aromatic carbocycles. The van der Waals surface area contributed by atoms with Crippen molar-refractivity contribution in [3.8, 4) is 0 Å². The number of hydrogen-bond donors (Lipinski definition) is 2. The molecule has 0 aliphatic carbocycles. The number of carboxylic acid groups (broad SMARTS) is 1. The Labute approximate surface area is 150 Å². The van der Waals surface area contributed by atoms with E-state index in [0.717, 1.165) is 11.6 Å². The van der Waals surface area contributed by atoms with Gasteiger partial charge in [-0.05, 0) is 17.7 Å². The fourth-order valence-electron chi connectivity index (χ4n) is 1.72. The molecule has 108 valence electrons. The van der Waals surface area contributed by atoms with E-state index in [0.29, 0.717) is 0 Å². The fourth-order valence-corrected chi connectivity index (χ4v) is 2.43. The standard InChI is InChI=1S/C15H11O5S.Na/c16-15(17)13-9-8-12(14(10-13)21(18,19)20)7-6-11-4-2-1-3-5-11;/h1-4,6-10H,(H,16,17)(H,18,19,20);/q-1;+1. The third-order valence-corrected chi connectivity index (χ3v) is 3.62. The van der Waals surface area contributed by atoms with Crippen LogP contribution in [0.3, 0.4) is 0 Å². The van der Waals surface area contributed by atoms with Crippen LogP contribution in [0.4, 0.5) is 0 Å². The molecule has 0 aliphatic heterocycles. The largest absolute Gasteiger partial charge is 1.00 e. The average molecular weight is 326 g/mol. The summed E-state index contributed by atoms with van der Waals surface area (Å²) in [5, 5.41) is 8.87. The SMILES string of the molecule is O=C(O)c1ccc(C=Cc2[c-]cccc2)c(S(=O)(=O)O)c1.[Na+]. The Kier molecular flexibility index (Phi) is 6.52. The summed E-state index contributed by atoms with van der Waals surface area (Å²) in [5.41, 5.74) is 0.701. The molecule has 0 aliphatic rings. The van der Waals surface area contributed by atoms with E-state index in [1.165, 1.54) is 18.2 Å². The summed E-state index contributed by atoms with van der Waals surface area (Å²) in [4.78, 5) is 10.4. The molecule has 2 rings (SSSR count). The first kappa shape index (κ1) is 18.6. The van der Waals surface area contributed by atoms with Crippen molar-refractivity contribution >= 4 is 28.2 Å². The quantitative estimate of drug-likeness (QED) is 0.345. The van der Waals surface area contributed by atoms with Gasteiger partial charge >= 0.3 is 35.5 Å². The second-order valence-electron chi connectivity index (χ2n) is 4.18. The molecule has 7 heteroatoms. The zero-order valence-corrected chi connectivity index (χ0v) is 14.5. The minimum Gasteiger partial charge on any atom is -0.478 e. The molecule has 0 fully saturated rings. The average Bonchev–Trinajstić information content (AvgIpc) is 2.45. The van der Waals surface area contributed by atoms with E-state index in [1.54, 1.807) is 30.3 Å². The van der Waals surface area contributed by atoms with E-state index >= 15 is 0 Å². The zero-order valence-electron chi connectivity index (χ0n) is 11.7. The maximum absolute atomic E-state index is 11.4. The van der Waals surface area contributed by atoms with Crippen molar-refractivity contribution < 1.29 is 52.4 Å². The molecule has 0 saturated carbocycles. The fraction of sp³-hybridized carbons (Fsp3) is 0. The van der Waals surface area contributed by atoms with Crippen molar-refractivity contribution in [2.45, 2.75) is 4.90 Å². The minimum atomic E-state index is -4.52. The molecule has 0 heterocycles. The molecule has 0 radical (unpaired) electrons. The van der Waals surface area contributed by atoms with E-state index < -0.39 is 21.0 Å². The summed E-state index contributed by atoms with van der Waals surface area (Å²) in [6.45, 7) is 0. The third-order valence-electron chi connectivity index (χ3n) is 2.71. The van der Waals surface area contributed by atoms with Gasteiger partial charge in [0.25, 0.3) is 10.1 Å². The van der Waals surface area contributed by atoms with Gasteiger partial charge in [0, 0.05) is 0 Å². The maximum atomic E-state index is 11.4. The number of benzene rings is 2. The molecular weight excluding hydrogens is 315 g/mol. The van der Waals surface area contributed by atoms with Crippen LogP contribution >= 0.6 is 0 Å². The number of carbonyl (C=O) groups is 1. The first-order valence-corrected chi connectivity index (χ1v) is 7.31. The smallest absolute Gasteiger partial charge is 0.478 e. The molecule has 22 heavy (non-hydrogen) atoms. The van der Waals surface area contributed by atoms with Gasteiger partial charge in [0.2, 0.25) is 0 Å². The minimum absolute atomic E-state index is 0. The van der Waals surface area contributed by atoms with Gasteiger partial charge in [0.15, 0.2) is 0 Å². The van der Waals surface area contributed by atoms with Crippen LogP contribution in [0.2, 0.25) is 0 Å². The van der Waals surface area contributed by atoms with Crippen molar-refractivity contribution in [3.63, 3.8) is 0 Å². The molecule has 0 bridgehead atoms. The number of carboxylic acids is 1. The molecule has 2 N–H and O–H groups in total. The molecule has 0 spiro atoms. The molecule has 0 aromatic heterocycles. The third kappa shape index (κ3) is 4.79. The normalized spacial score (nSPS) is 11.1. The van der Waals surface area contributed by atoms with Gasteiger partial charge in [0.1, 0.15) is 4.90 Å². The van der Waals surface area contributed by atoms with E-state index in [4.69, 9.17) is 5.11 Å². The Morgan fingerprint density at radius 2 is 1.86 bits per heavy atom. The Bertz CT molecular complexity index is 798. The maximum Gasteiger partial charge on any atom is 1.00 e. The van der Waals surface area contributed by atoms with Gasteiger partial charge in [-0.1, -0.05) is 12.1 Å². The Balaban J connectivity index is 0.00000242. The van der Waals surface area contributed by atoms with Crippen molar-refractivity contribution in [1.29, 1.82) is 0 Å². The first-order chi connectivity index (χ1) is 9.88. The summed E-state index contributed by atoms with van der Waals surface area (Å²) in [5.74, 6) is -1.27. The van der Waals surface area contributed by atoms with Crippen LogP contribution < -0.4 is 29.6 Å². The molecular formula is C15H11NaO5S. The summed E-state index contributed by atoms with van der Waals surface area (Å²) in [6, 6.07) is 13.5. The topological polar surface area (TPSA) is 91.7 Å². The molecule has 2 aromatic rings. The molecule has 0 saturated heterocycles. The summed E-state index contributed by atoms with van der Waals surface area (Å²) >= 11 is 0. The summed E-state index contributed by atoms with van der Waals surface area (Å²) in [7, 11) is -4.52. The number of rotatable bonds is 4. The van der Waals surface area contributed by atoms with Crippen molar-refractivity contribution in [1.82, 2.24) is 0 Å². The summed E-state index contributed by atoms with van der Waals surface area (Å²) < 4.78 is 31.9. The van der Waals surface area contributed by atoms with Crippen LogP contribution in [0.1, 0.15) is 21.5 Å². The molecule has 0 atom stereocenters. The second-order valence-corrected chi connectivity index (χ2v) is 5.57. The van der Waals surface area contributed by atoms with Gasteiger partial charge < -0.3 is 5.11 Å². The number of hydrogen-bond acceptors (Lipinski definition) is 3. The molecule has 0 unspecified atom stereocenters. The van der Waals surface area contributed by atoms with E-state index in [1.807, 2.05) is 0 Å². The Hall–Kier alpha value is -1.44. The van der Waals surface area contributed by atoms with Gasteiger partial charge in [-0.25, -0.2) is 4.79 Å².